The number of hydrogen-bond acceptors (Lipinski definition) is 0. The van der Waals surface area contributed by atoms with E-state index >= 15 is 0 Å². The fourth-order valence-electron chi connectivity index (χ4n) is 5.06. The average molecular weight is 461 g/mol. The first-order valence-corrected chi connectivity index (χ1v) is 20.8. The van der Waals surface area contributed by atoms with E-state index in [2.05, 4.69) is 75.4 Å². The summed E-state index contributed by atoms with van der Waals surface area (Å²) in [5.74, 6) is 0. The molecule has 3 rings (SSSR count). The van der Waals surface area contributed by atoms with Gasteiger partial charge >= 0.3 is 138 Å². The minimum atomic E-state index is -3.04. The van der Waals surface area contributed by atoms with E-state index < -0.39 is 17.4 Å². The maximum atomic E-state index is 2.58. The van der Waals surface area contributed by atoms with Crippen molar-refractivity contribution in [2.45, 2.75) is 45.0 Å². The summed E-state index contributed by atoms with van der Waals surface area (Å²) in [4.78, 5) is 0. The summed E-state index contributed by atoms with van der Waals surface area (Å²) in [7, 11) is 0. The number of benzene rings is 1. The van der Waals surface area contributed by atoms with Crippen LogP contribution in [0, 0.1) is 0 Å². The maximum absolute atomic E-state index is 3.04. The molecule has 0 saturated heterocycles. The van der Waals surface area contributed by atoms with Crippen LogP contribution in [0.1, 0.15) is 47.9 Å². The third kappa shape index (κ3) is 3.50. The molecule has 0 radical (unpaired) electrons. The van der Waals surface area contributed by atoms with Gasteiger partial charge in [0.15, 0.2) is 0 Å². The molecule has 132 valence electrons. The predicted molar refractivity (Wildman–Crippen MR) is 113 cm³/mol. The van der Waals surface area contributed by atoms with Gasteiger partial charge in [-0.2, -0.15) is 0 Å². The van der Waals surface area contributed by atoms with Crippen molar-refractivity contribution in [3.8, 4) is 0 Å². The van der Waals surface area contributed by atoms with Crippen LogP contribution >= 0.6 is 24.8 Å². The van der Waals surface area contributed by atoms with Gasteiger partial charge < -0.3 is 0 Å². The molecule has 0 heterocycles. The molecule has 1 atom stereocenters. The van der Waals surface area contributed by atoms with E-state index in [0.717, 1.165) is 3.63 Å². The zero-order valence-corrected chi connectivity index (χ0v) is 20.3. The summed E-state index contributed by atoms with van der Waals surface area (Å²) in [5.41, 5.74) is 3.09. The van der Waals surface area contributed by atoms with Crippen LogP contribution in [-0.4, -0.2) is 6.88 Å². The molecule has 0 saturated carbocycles. The fraction of sp³-hybridized carbons (Fsp3) is 0.400. The number of fused-ring (bicyclic) bond motifs is 1. The van der Waals surface area contributed by atoms with Crippen molar-refractivity contribution < 1.29 is 17.4 Å². The first-order chi connectivity index (χ1) is 10.6. The van der Waals surface area contributed by atoms with Crippen molar-refractivity contribution >= 4 is 37.8 Å². The van der Waals surface area contributed by atoms with Gasteiger partial charge in [-0.3, -0.25) is 0 Å². The summed E-state index contributed by atoms with van der Waals surface area (Å²) < 4.78 is 5.53. The molecule has 1 aromatic rings. The van der Waals surface area contributed by atoms with Crippen LogP contribution in [0.15, 0.2) is 51.9 Å². The van der Waals surface area contributed by atoms with Gasteiger partial charge in [-0.25, -0.2) is 0 Å². The normalized spacial score (nSPS) is 18.6. The molecule has 2 aliphatic carbocycles. The minimum absolute atomic E-state index is 0. The first-order valence-electron chi connectivity index (χ1n) is 8.80. The Morgan fingerprint density at radius 2 is 1.75 bits per heavy atom. The van der Waals surface area contributed by atoms with Crippen LogP contribution in [0.3, 0.4) is 0 Å². The molecule has 0 fully saturated rings. The Balaban J connectivity index is 0.00000144. The van der Waals surface area contributed by atoms with Crippen LogP contribution in [0.4, 0.5) is 0 Å². The molecule has 0 aromatic heterocycles. The van der Waals surface area contributed by atoms with Gasteiger partial charge in [0.1, 0.15) is 0 Å². The van der Waals surface area contributed by atoms with Crippen LogP contribution < -0.4 is 0 Å². The molecule has 0 nitrogen and oxygen atoms in total. The Morgan fingerprint density at radius 1 is 1.08 bits per heavy atom. The minimum Gasteiger partial charge on any atom is -0.147 e. The van der Waals surface area contributed by atoms with Crippen LogP contribution in [-0.2, 0) is 17.4 Å². The second-order valence-electron chi connectivity index (χ2n) is 7.33. The number of halogens is 2. The Bertz CT molecular complexity index is 721. The van der Waals surface area contributed by atoms with E-state index in [4.69, 9.17) is 0 Å². The monoisotopic (exact) mass is 458 g/mol. The SMILES string of the molecule is CC[CH2][Zr](=[SiH2])([CH2]CC)([C]1=CC=CC1)[CH]1C=Cc2ccccc21.Cl.Cl. The van der Waals surface area contributed by atoms with Gasteiger partial charge in [-0.1, -0.05) is 0 Å². The van der Waals surface area contributed by atoms with E-state index in [0.29, 0.717) is 0 Å². The second-order valence-corrected chi connectivity index (χ2v) is 33.3. The smallest absolute Gasteiger partial charge is 0.147 e. The molecule has 0 bridgehead atoms. The van der Waals surface area contributed by atoms with Crippen molar-refractivity contribution in [3.63, 3.8) is 0 Å². The molecule has 0 aliphatic heterocycles. The maximum Gasteiger partial charge on any atom is -0.147 e. The molecule has 1 aromatic carbocycles. The molecule has 2 aliphatic rings. The Labute approximate surface area is 162 Å². The molecule has 0 spiro atoms. The Kier molecular flexibility index (Phi) is 8.01. The van der Waals surface area contributed by atoms with Crippen molar-refractivity contribution in [1.29, 1.82) is 0 Å². The van der Waals surface area contributed by atoms with E-state index in [1.54, 1.807) is 5.56 Å². The van der Waals surface area contributed by atoms with Crippen molar-refractivity contribution in [2.24, 2.45) is 0 Å². The molecule has 4 heteroatoms. The van der Waals surface area contributed by atoms with E-state index in [1.165, 1.54) is 33.1 Å². The van der Waals surface area contributed by atoms with E-state index in [-0.39, 0.29) is 24.8 Å². The largest absolute Gasteiger partial charge is 0.147 e. The third-order valence-corrected chi connectivity index (χ3v) is 34.5. The fourth-order valence-corrected chi connectivity index (χ4v) is 30.8. The molecule has 24 heavy (non-hydrogen) atoms. The van der Waals surface area contributed by atoms with Crippen molar-refractivity contribution in [3.05, 3.63) is 63.0 Å². The standard InChI is InChI=1S/C9H7.C5H5.2C3H7.2ClH.H2Si.Zr/c1-2-5-9-7-3-6-8(9)4-1;1-2-4-5-3-1;2*1-3-2;;;;/h1-7H;1-3H,4H2;2*1,3H2,2H3;2*1H;1H2;. The van der Waals surface area contributed by atoms with Crippen LogP contribution in [0.25, 0.3) is 6.08 Å². The van der Waals surface area contributed by atoms with Gasteiger partial charge in [0, 0.05) is 0 Å². The summed E-state index contributed by atoms with van der Waals surface area (Å²) in [6.45, 7) is 7.29. The average Bonchev–Trinajstić information content (AvgIpc) is 3.18. The van der Waals surface area contributed by atoms with Gasteiger partial charge in [0.05, 0.1) is 0 Å². The Hall–Kier alpha value is 0.120. The zero-order chi connectivity index (χ0) is 15.7. The first kappa shape index (κ1) is 22.2. The van der Waals surface area contributed by atoms with Gasteiger partial charge in [0.25, 0.3) is 0 Å². The zero-order valence-electron chi connectivity index (χ0n) is 14.8. The number of rotatable bonds is 6. The summed E-state index contributed by atoms with van der Waals surface area (Å²) >= 11 is -3.04. The second kappa shape index (κ2) is 8.67. The van der Waals surface area contributed by atoms with Crippen LogP contribution in [0.5, 0.6) is 0 Å². The molecular formula is C20H30Cl2SiZr. The van der Waals surface area contributed by atoms with Crippen molar-refractivity contribution in [2.75, 3.05) is 0 Å². The van der Waals surface area contributed by atoms with Gasteiger partial charge in [0.2, 0.25) is 0 Å². The molecule has 1 unspecified atom stereocenters. The quantitative estimate of drug-likeness (QED) is 0.435. The van der Waals surface area contributed by atoms with Gasteiger partial charge in [-0.05, 0) is 0 Å². The molecule has 0 amide bonds. The topological polar surface area (TPSA) is 0 Å². The third-order valence-electron chi connectivity index (χ3n) is 6.00. The summed E-state index contributed by atoms with van der Waals surface area (Å²) in [6, 6.07) is 9.12. The van der Waals surface area contributed by atoms with Crippen molar-refractivity contribution in [1.82, 2.24) is 0 Å². The van der Waals surface area contributed by atoms with E-state index in [1.807, 2.05) is 3.28 Å². The number of hydrogen-bond donors (Lipinski definition) is 0. The Morgan fingerprint density at radius 3 is 2.33 bits per heavy atom. The van der Waals surface area contributed by atoms with Gasteiger partial charge in [-0.15, -0.1) is 24.8 Å². The summed E-state index contributed by atoms with van der Waals surface area (Å²) in [5, 5.41) is 0. The molecular weight excluding hydrogens is 430 g/mol. The predicted octanol–water partition coefficient (Wildman–Crippen LogP) is 6.34. The summed E-state index contributed by atoms with van der Waals surface area (Å²) in [6.07, 6.45) is 16.1. The molecule has 0 N–H and O–H groups in total. The number of allylic oxidation sites excluding steroid dienone is 5. The van der Waals surface area contributed by atoms with Crippen LogP contribution in [0.2, 0.25) is 8.26 Å². The van der Waals surface area contributed by atoms with E-state index in [9.17, 15) is 0 Å².